The van der Waals surface area contributed by atoms with Crippen molar-refractivity contribution in [3.8, 4) is 44.8 Å². The van der Waals surface area contributed by atoms with E-state index in [1.807, 2.05) is 53.7 Å². The largest absolute Gasteiger partial charge is 2.00 e. The van der Waals surface area contributed by atoms with Crippen LogP contribution in [0.5, 0.6) is 0 Å². The minimum atomic E-state index is -0.626. The Morgan fingerprint density at radius 2 is 0.800 bits per heavy atom. The minimum absolute atomic E-state index is 0. The molecular formula is C68H90BBrF4N2O2Os2. The van der Waals surface area contributed by atoms with Crippen molar-refractivity contribution in [2.45, 2.75) is 193 Å². The Hall–Kier alpha value is -3.36. The molecule has 4 saturated carbocycles. The summed E-state index contributed by atoms with van der Waals surface area (Å²) in [4.78, 5) is 9.72. The van der Waals surface area contributed by atoms with Crippen molar-refractivity contribution >= 4 is 28.5 Å². The maximum Gasteiger partial charge on any atom is 2.00 e. The first-order valence-corrected chi connectivity index (χ1v) is 28.4. The van der Waals surface area contributed by atoms with Gasteiger partial charge in [0.05, 0.1) is 22.6 Å². The Morgan fingerprint density at radius 1 is 0.463 bits per heavy atom. The maximum absolute atomic E-state index is 14.1. The van der Waals surface area contributed by atoms with E-state index in [4.69, 9.17) is 9.31 Å². The number of halogens is 5. The van der Waals surface area contributed by atoms with Gasteiger partial charge in [-0.15, -0.1) is 0 Å². The van der Waals surface area contributed by atoms with Gasteiger partial charge in [-0.05, 0) is 168 Å². The summed E-state index contributed by atoms with van der Waals surface area (Å²) >= 11 is 3.54. The molecule has 6 aromatic rings. The van der Waals surface area contributed by atoms with E-state index in [9.17, 15) is 17.6 Å². The molecule has 5 aliphatic rings. The fourth-order valence-corrected chi connectivity index (χ4v) is 11.6. The first kappa shape index (κ1) is 74.7. The summed E-state index contributed by atoms with van der Waals surface area (Å²) in [6.07, 6.45) is 29.4. The topological polar surface area (TPSA) is 44.2 Å². The molecule has 0 bridgehead atoms. The molecule has 4 aromatic carbocycles. The van der Waals surface area contributed by atoms with Crippen molar-refractivity contribution in [1.82, 2.24) is 9.97 Å². The number of aromatic nitrogens is 2. The van der Waals surface area contributed by atoms with Gasteiger partial charge in [-0.25, -0.2) is 17.6 Å². The second-order valence-corrected chi connectivity index (χ2v) is 23.5. The van der Waals surface area contributed by atoms with Crippen LogP contribution in [0.1, 0.15) is 177 Å². The van der Waals surface area contributed by atoms with Crippen LogP contribution < -0.4 is 5.46 Å². The Morgan fingerprint density at radius 3 is 1.10 bits per heavy atom. The third-order valence-electron chi connectivity index (χ3n) is 15.8. The average Bonchev–Trinajstić information content (AvgIpc) is 4.23. The van der Waals surface area contributed by atoms with Gasteiger partial charge >= 0.3 is 46.7 Å². The maximum atomic E-state index is 14.1. The summed E-state index contributed by atoms with van der Waals surface area (Å²) in [6, 6.07) is 23.3. The fourth-order valence-electron chi connectivity index (χ4n) is 11.0. The molecule has 2 aromatic heterocycles. The number of nitrogens with zero attached hydrogens (tertiary/aromatic N) is 2. The van der Waals surface area contributed by atoms with Gasteiger partial charge in [0.25, 0.3) is 0 Å². The van der Waals surface area contributed by atoms with Crippen LogP contribution in [0.2, 0.25) is 0 Å². The van der Waals surface area contributed by atoms with Crippen LogP contribution in [0.4, 0.5) is 17.6 Å². The number of alkyl halides is 1. The molecule has 3 heterocycles. The second-order valence-electron chi connectivity index (χ2n) is 22.2. The zero-order valence-corrected chi connectivity index (χ0v) is 56.7. The van der Waals surface area contributed by atoms with E-state index in [0.29, 0.717) is 22.9 Å². The molecule has 0 atom stereocenters. The molecule has 4 nitrogen and oxygen atoms in total. The zero-order chi connectivity index (χ0) is 53.0. The van der Waals surface area contributed by atoms with Crippen LogP contribution in [-0.4, -0.2) is 33.1 Å². The summed E-state index contributed by atoms with van der Waals surface area (Å²) in [5.41, 5.74) is 12.1. The molecule has 12 heteroatoms. The predicted octanol–water partition coefficient (Wildman–Crippen LogP) is 20.6. The van der Waals surface area contributed by atoms with E-state index < -0.39 is 41.6 Å². The van der Waals surface area contributed by atoms with Crippen molar-refractivity contribution in [3.63, 3.8) is 0 Å². The van der Waals surface area contributed by atoms with E-state index in [0.717, 1.165) is 50.2 Å². The SMILES string of the molecule is BrC1CCCC1.C1CCCC1.C1CCCC1.Cc1cc(B2OC(C)(C)C(C)(C)O2)cc(C)c1-c1ccc(-c2ccc(F)cc2F)nc1.Cc1cc(C2CCCC2)cc(C)c1-c1ccc(-c2ccc(F)cc2F)nc1.[CH3-].[CH3-].[CH3-].[CH3-].[Os+2].[Os+2]. The van der Waals surface area contributed by atoms with Crippen LogP contribution in [0.25, 0.3) is 44.8 Å². The standard InChI is InChI=1S/C25H26BF2NO2.C24H23F2N.C5H9Br.2C5H10.4CH3.2Os/c1-15-11-18(26-30-24(3,4)25(5,6)31-26)12-16(2)23(15)17-7-10-22(29-14-17)20-9-8-19(27)13-21(20)28;1-15-11-19(17-5-3-4-6-17)12-16(2)24(15)18-7-10-23(27-14-18)21-9-8-20(25)13-22(21)26;6-5-3-1-2-4-5;2*1-2-4-5-3-1;;;;;;/h7-14H,1-6H3;7-14,17H,3-6H2,1-2H3;5H,1-4H2;2*1-5H2;4*1H3;;/q;;;;;4*-1;2*+2. The van der Waals surface area contributed by atoms with Gasteiger partial charge in [-0.2, -0.15) is 0 Å². The third-order valence-corrected chi connectivity index (χ3v) is 16.7. The van der Waals surface area contributed by atoms with Crippen molar-refractivity contribution < 1.29 is 66.5 Å². The molecule has 0 amide bonds. The molecule has 5 fully saturated rings. The molecule has 80 heavy (non-hydrogen) atoms. The van der Waals surface area contributed by atoms with E-state index >= 15 is 0 Å². The number of pyridine rings is 2. The molecule has 0 unspecified atom stereocenters. The van der Waals surface area contributed by atoms with Gasteiger partial charge in [0.2, 0.25) is 0 Å². The zero-order valence-electron chi connectivity index (χ0n) is 50.0. The Labute approximate surface area is 517 Å². The molecule has 4 aliphatic carbocycles. The van der Waals surface area contributed by atoms with Gasteiger partial charge in [-0.3, -0.25) is 9.97 Å². The summed E-state index contributed by atoms with van der Waals surface area (Å²) in [5, 5.41) is 0. The fraction of sp³-hybridized carbons (Fsp3) is 0.441. The van der Waals surface area contributed by atoms with Gasteiger partial charge in [0.1, 0.15) is 23.3 Å². The van der Waals surface area contributed by atoms with Gasteiger partial charge in [0.15, 0.2) is 0 Å². The molecule has 11 rings (SSSR count). The first-order chi connectivity index (χ1) is 35.4. The number of hydrogen-bond donors (Lipinski definition) is 0. The molecule has 1 saturated heterocycles. The summed E-state index contributed by atoms with van der Waals surface area (Å²) < 4.78 is 66.8. The molecule has 0 spiro atoms. The van der Waals surface area contributed by atoms with Crippen LogP contribution in [0, 0.1) is 80.7 Å². The molecule has 1 aliphatic heterocycles. The Kier molecular flexibility index (Phi) is 32.7. The van der Waals surface area contributed by atoms with Gasteiger partial charge in [0, 0.05) is 51.6 Å². The monoisotopic (exact) mass is 1520 g/mol. The van der Waals surface area contributed by atoms with Gasteiger partial charge < -0.3 is 39.0 Å². The third kappa shape index (κ3) is 20.2. The minimum Gasteiger partial charge on any atom is -0.399 e. The molecule has 0 N–H and O–H groups in total. The number of hydrogen-bond acceptors (Lipinski definition) is 4. The quantitative estimate of drug-likeness (QED) is 0.0721. The Bertz CT molecular complexity index is 2690. The van der Waals surface area contributed by atoms with E-state index in [1.54, 1.807) is 24.5 Å². The van der Waals surface area contributed by atoms with Crippen LogP contribution in [0.15, 0.2) is 97.3 Å². The summed E-state index contributed by atoms with van der Waals surface area (Å²) in [5.74, 6) is -1.71. The second kappa shape index (κ2) is 35.1. The van der Waals surface area contributed by atoms with Crippen molar-refractivity contribution in [1.29, 1.82) is 0 Å². The normalized spacial score (nSPS) is 16.5. The number of rotatable bonds is 6. The molecule has 0 radical (unpaired) electrons. The summed E-state index contributed by atoms with van der Waals surface area (Å²) in [6.45, 7) is 16.5. The smallest absolute Gasteiger partial charge is 0.399 e. The average molecular weight is 1510 g/mol. The molecular weight excluding hydrogens is 1420 g/mol. The van der Waals surface area contributed by atoms with Crippen LogP contribution >= 0.6 is 15.9 Å². The van der Waals surface area contributed by atoms with E-state index in [1.165, 1.54) is 162 Å². The predicted molar refractivity (Wildman–Crippen MR) is 329 cm³/mol. The van der Waals surface area contributed by atoms with Gasteiger partial charge in [-0.1, -0.05) is 142 Å². The van der Waals surface area contributed by atoms with Crippen LogP contribution in [-0.2, 0) is 48.9 Å². The number of aryl methyl sites for hydroxylation is 4. The molecule has 438 valence electrons. The van der Waals surface area contributed by atoms with Crippen molar-refractivity contribution in [2.75, 3.05) is 0 Å². The van der Waals surface area contributed by atoms with E-state index in [2.05, 4.69) is 64.0 Å². The Balaban J connectivity index is 0.000000590. The van der Waals surface area contributed by atoms with Crippen LogP contribution in [0.3, 0.4) is 0 Å². The van der Waals surface area contributed by atoms with E-state index in [-0.39, 0.29) is 74.9 Å². The number of benzene rings is 4. The first-order valence-electron chi connectivity index (χ1n) is 27.5. The van der Waals surface area contributed by atoms with Crippen molar-refractivity contribution in [3.05, 3.63) is 178 Å². The summed E-state index contributed by atoms with van der Waals surface area (Å²) in [7, 11) is -0.418. The van der Waals surface area contributed by atoms with Crippen molar-refractivity contribution in [2.24, 2.45) is 0 Å².